The second kappa shape index (κ2) is 9.77. The summed E-state index contributed by atoms with van der Waals surface area (Å²) in [5.74, 6) is 0.799. The van der Waals surface area contributed by atoms with Gasteiger partial charge in [-0.25, -0.2) is 0 Å². The fourth-order valence-electron chi connectivity index (χ4n) is 0.893. The molecule has 2 N–H and O–H groups in total. The van der Waals surface area contributed by atoms with E-state index in [1.165, 1.54) is 0 Å². The van der Waals surface area contributed by atoms with Gasteiger partial charge in [0.1, 0.15) is 5.76 Å². The zero-order valence-electron chi connectivity index (χ0n) is 8.95. The Balaban J connectivity index is 0. The smallest absolute Gasteiger partial charge is 0.133 e. The van der Waals surface area contributed by atoms with Crippen LogP contribution in [0.4, 0.5) is 0 Å². The van der Waals surface area contributed by atoms with Gasteiger partial charge in [-0.1, -0.05) is 19.2 Å². The van der Waals surface area contributed by atoms with Crippen LogP contribution in [-0.4, -0.2) is 24.4 Å². The molecule has 0 amide bonds. The Labute approximate surface area is 85.0 Å². The van der Waals surface area contributed by atoms with Gasteiger partial charge in [-0.2, -0.15) is 0 Å². The van der Waals surface area contributed by atoms with Crippen molar-refractivity contribution in [3.63, 3.8) is 0 Å². The van der Waals surface area contributed by atoms with Gasteiger partial charge in [0.25, 0.3) is 0 Å². The second-order valence-electron chi connectivity index (χ2n) is 2.10. The zero-order chi connectivity index (χ0) is 11.6. The molecule has 0 radical (unpaired) electrons. The Bertz CT molecular complexity index is 261. The molecule has 0 aromatic carbocycles. The van der Waals surface area contributed by atoms with Crippen LogP contribution in [0.5, 0.6) is 0 Å². The highest BCUT2D eigenvalue weighted by molar-refractivity contribution is 5.62. The Morgan fingerprint density at radius 1 is 1.14 bits per heavy atom. The number of aliphatic hydroxyl groups excluding tert-OH is 2. The summed E-state index contributed by atoms with van der Waals surface area (Å²) in [6.07, 6.45) is 5.16. The van der Waals surface area contributed by atoms with Crippen LogP contribution in [0.3, 0.4) is 0 Å². The van der Waals surface area contributed by atoms with Gasteiger partial charge in [0.15, 0.2) is 0 Å². The van der Waals surface area contributed by atoms with E-state index < -0.39 is 0 Å². The Morgan fingerprint density at radius 3 is 1.93 bits per heavy atom. The largest absolute Gasteiger partial charge is 0.464 e. The topological polar surface area (TPSA) is 53.6 Å². The van der Waals surface area contributed by atoms with E-state index in [0.717, 1.165) is 31.1 Å². The first kappa shape index (κ1) is 15.2. The molecule has 0 bridgehead atoms. The number of aryl methyl sites for hydroxylation is 1. The Kier molecular flexibility index (Phi) is 10.6. The average molecular weight is 198 g/mol. The summed E-state index contributed by atoms with van der Waals surface area (Å²) < 4.78 is 5.15. The Hall–Kier alpha value is -1.32. The normalized spacial score (nSPS) is 7.50. The highest BCUT2D eigenvalue weighted by Gasteiger charge is 2.01. The summed E-state index contributed by atoms with van der Waals surface area (Å²) in [7, 11) is 2.00. The molecule has 1 aromatic heterocycles. The minimum absolute atomic E-state index is 0.799. The van der Waals surface area contributed by atoms with E-state index in [-0.39, 0.29) is 0 Å². The number of rotatable bonds is 2. The molecule has 0 fully saturated rings. The molecule has 0 saturated heterocycles. The lowest BCUT2D eigenvalue weighted by molar-refractivity contribution is 0.399. The highest BCUT2D eigenvalue weighted by Crippen LogP contribution is 2.17. The number of hydrogen-bond acceptors (Lipinski definition) is 3. The summed E-state index contributed by atoms with van der Waals surface area (Å²) in [6.45, 7) is 9.26. The minimum Gasteiger partial charge on any atom is -0.464 e. The van der Waals surface area contributed by atoms with Gasteiger partial charge in [-0.05, 0) is 18.6 Å². The first-order valence-electron chi connectivity index (χ1n) is 4.02. The number of furan rings is 1. The van der Waals surface area contributed by atoms with Gasteiger partial charge in [0.05, 0.1) is 6.26 Å². The van der Waals surface area contributed by atoms with Crippen molar-refractivity contribution in [1.82, 2.24) is 0 Å². The molecule has 0 atom stereocenters. The van der Waals surface area contributed by atoms with E-state index >= 15 is 0 Å². The molecule has 0 saturated carbocycles. The maximum absolute atomic E-state index is 7.00. The van der Waals surface area contributed by atoms with E-state index in [9.17, 15) is 0 Å². The van der Waals surface area contributed by atoms with E-state index in [4.69, 9.17) is 14.6 Å². The summed E-state index contributed by atoms with van der Waals surface area (Å²) in [5.41, 5.74) is 2.14. The van der Waals surface area contributed by atoms with Gasteiger partial charge in [-0.3, -0.25) is 0 Å². The molecule has 0 unspecified atom stereocenters. The molecule has 14 heavy (non-hydrogen) atoms. The van der Waals surface area contributed by atoms with Crippen LogP contribution in [0.25, 0.3) is 12.2 Å². The fourth-order valence-corrected chi connectivity index (χ4v) is 0.893. The lowest BCUT2D eigenvalue weighted by atomic mass is 10.1. The SMILES string of the molecule is C=Cc1occ(C)c1C=C.CO.CO. The predicted octanol–water partition coefficient (Wildman–Crippen LogP) is 2.09. The third-order valence-corrected chi connectivity index (χ3v) is 1.44. The van der Waals surface area contributed by atoms with Crippen LogP contribution in [0.1, 0.15) is 16.9 Å². The molecule has 0 aliphatic carbocycles. The number of aliphatic hydroxyl groups is 2. The standard InChI is InChI=1S/C9H10O.2CH4O/c1-4-8-7(3)6-10-9(8)5-2;2*1-2/h4-6H,1-2H2,3H3;2*2H,1H3. The average Bonchev–Trinajstić information content (AvgIpc) is 2.64. The molecule has 1 rings (SSSR count). The quantitative estimate of drug-likeness (QED) is 0.765. The van der Waals surface area contributed by atoms with Crippen molar-refractivity contribution in [2.75, 3.05) is 14.2 Å². The lowest BCUT2D eigenvalue weighted by Crippen LogP contribution is -1.72. The van der Waals surface area contributed by atoms with Crippen molar-refractivity contribution < 1.29 is 14.6 Å². The molecule has 1 aromatic rings. The maximum Gasteiger partial charge on any atom is 0.133 e. The lowest BCUT2D eigenvalue weighted by Gasteiger charge is -1.88. The minimum atomic E-state index is 0.799. The fraction of sp³-hybridized carbons (Fsp3) is 0.273. The first-order chi connectivity index (χ1) is 6.79. The third-order valence-electron chi connectivity index (χ3n) is 1.44. The van der Waals surface area contributed by atoms with Gasteiger partial charge < -0.3 is 14.6 Å². The van der Waals surface area contributed by atoms with Crippen molar-refractivity contribution in [2.24, 2.45) is 0 Å². The summed E-state index contributed by atoms with van der Waals surface area (Å²) in [6, 6.07) is 0. The van der Waals surface area contributed by atoms with E-state index in [2.05, 4.69) is 13.2 Å². The van der Waals surface area contributed by atoms with Crippen molar-refractivity contribution in [2.45, 2.75) is 6.92 Å². The van der Waals surface area contributed by atoms with E-state index in [1.54, 1.807) is 18.4 Å². The van der Waals surface area contributed by atoms with Gasteiger partial charge in [0, 0.05) is 19.8 Å². The Morgan fingerprint density at radius 2 is 1.64 bits per heavy atom. The first-order valence-corrected chi connectivity index (χ1v) is 4.02. The summed E-state index contributed by atoms with van der Waals surface area (Å²) >= 11 is 0. The van der Waals surface area contributed by atoms with Crippen molar-refractivity contribution in [1.29, 1.82) is 0 Å². The molecule has 3 heteroatoms. The van der Waals surface area contributed by atoms with Gasteiger partial charge in [0.2, 0.25) is 0 Å². The third kappa shape index (κ3) is 4.07. The number of hydrogen-bond donors (Lipinski definition) is 2. The van der Waals surface area contributed by atoms with E-state index in [0.29, 0.717) is 0 Å². The molecule has 80 valence electrons. The van der Waals surface area contributed by atoms with Crippen LogP contribution >= 0.6 is 0 Å². The molecular formula is C11H18O3. The maximum atomic E-state index is 7.00. The van der Waals surface area contributed by atoms with Crippen LogP contribution < -0.4 is 0 Å². The monoisotopic (exact) mass is 198 g/mol. The van der Waals surface area contributed by atoms with Crippen LogP contribution in [0.2, 0.25) is 0 Å². The van der Waals surface area contributed by atoms with Crippen molar-refractivity contribution >= 4 is 12.2 Å². The summed E-state index contributed by atoms with van der Waals surface area (Å²) in [5, 5.41) is 14.0. The molecule has 0 aliphatic heterocycles. The molecule has 3 nitrogen and oxygen atoms in total. The molecule has 0 spiro atoms. The van der Waals surface area contributed by atoms with Crippen LogP contribution in [0.15, 0.2) is 23.8 Å². The summed E-state index contributed by atoms with van der Waals surface area (Å²) in [4.78, 5) is 0. The van der Waals surface area contributed by atoms with Crippen LogP contribution in [0, 0.1) is 6.92 Å². The van der Waals surface area contributed by atoms with Crippen molar-refractivity contribution in [3.8, 4) is 0 Å². The second-order valence-corrected chi connectivity index (χ2v) is 2.10. The molecular weight excluding hydrogens is 180 g/mol. The van der Waals surface area contributed by atoms with Crippen molar-refractivity contribution in [3.05, 3.63) is 36.3 Å². The molecule has 1 heterocycles. The zero-order valence-corrected chi connectivity index (χ0v) is 8.95. The molecule has 0 aliphatic rings. The highest BCUT2D eigenvalue weighted by atomic mass is 16.3. The van der Waals surface area contributed by atoms with Gasteiger partial charge >= 0.3 is 0 Å². The predicted molar refractivity (Wildman–Crippen MR) is 59.9 cm³/mol. The van der Waals surface area contributed by atoms with Crippen LogP contribution in [-0.2, 0) is 0 Å². The van der Waals surface area contributed by atoms with Gasteiger partial charge in [-0.15, -0.1) is 0 Å². The van der Waals surface area contributed by atoms with E-state index in [1.807, 2.05) is 6.92 Å².